The fourth-order valence-electron chi connectivity index (χ4n) is 4.95. The largest absolute Gasteiger partial charge is 0.388 e. The number of H-pyrrole nitrogens is 3. The summed E-state index contributed by atoms with van der Waals surface area (Å²) in [6, 6.07) is 10.8. The molecule has 15 nitrogen and oxygen atoms in total. The molecule has 0 fully saturated rings. The molecule has 356 valence electrons. The Morgan fingerprint density at radius 3 is 1.67 bits per heavy atom. The van der Waals surface area contributed by atoms with E-state index in [9.17, 15) is 0 Å². The highest BCUT2D eigenvalue weighted by molar-refractivity contribution is 5.21. The summed E-state index contributed by atoms with van der Waals surface area (Å²) in [7, 11) is 12.6. The molecule has 0 saturated carbocycles. The number of hydrogen-bond donors (Lipinski definition) is 3. The van der Waals surface area contributed by atoms with Crippen molar-refractivity contribution >= 4 is 0 Å². The van der Waals surface area contributed by atoms with E-state index in [0.29, 0.717) is 6.04 Å². The Balaban J connectivity index is 0. The lowest BCUT2D eigenvalue weighted by molar-refractivity contribution is -0.715. The van der Waals surface area contributed by atoms with Crippen molar-refractivity contribution in [1.29, 1.82) is 0 Å². The minimum atomic E-state index is 0.565. The van der Waals surface area contributed by atoms with Crippen molar-refractivity contribution in [3.05, 3.63) is 121 Å². The van der Waals surface area contributed by atoms with Gasteiger partial charge in [0.25, 0.3) is 5.82 Å². The third-order valence-electron chi connectivity index (χ3n) is 8.73. The molecule has 0 saturated heterocycles. The van der Waals surface area contributed by atoms with Crippen LogP contribution in [0.5, 0.6) is 0 Å². The van der Waals surface area contributed by atoms with Crippen molar-refractivity contribution in [3.63, 3.8) is 0 Å². The number of benzene rings is 1. The molecule has 0 aliphatic rings. The second kappa shape index (κ2) is 38.7. The van der Waals surface area contributed by atoms with Crippen molar-refractivity contribution in [3.8, 4) is 5.69 Å². The molecule has 3 N–H and O–H groups in total. The Morgan fingerprint density at radius 2 is 1.37 bits per heavy atom. The summed E-state index contributed by atoms with van der Waals surface area (Å²) in [5, 5.41) is 0. The molecule has 63 heavy (non-hydrogen) atoms. The highest BCUT2D eigenvalue weighted by atomic mass is 16.5. The maximum Gasteiger partial charge on any atom is 0.250 e. The van der Waals surface area contributed by atoms with Crippen LogP contribution in [0.25, 0.3) is 5.69 Å². The highest BCUT2D eigenvalue weighted by Gasteiger charge is 2.04. The fraction of sp³-hybridized carbons (Fsp3) is 0.562. The number of aromatic amines is 3. The molecule has 0 atom stereocenters. The van der Waals surface area contributed by atoms with Gasteiger partial charge in [0.2, 0.25) is 12.7 Å². The standard InChI is InChI=1S/C10H10N2.C7H12N2.C7H17NO.C6H10N2.C6H14O2.2C5H8N2.C2H6O/c1-9-7-12(8-11-9)10-5-3-2-4-6-10;1-6(2)9-4-7(3)8-5-9;1-4-8(5-2)6-7-9-3;1-5-4-8(3)6(2)7-5;1-3-8-6-4-5-7-2;1-5-3-7(2)4-6-5;1-5-3-6-4-7(5)2;1-3-2/h2-8H,1H3;4-6H,1-3H3;4-7H2,1-3H3;4H,1-3H3;3-6H2,1-2H3;2*3-4H,1-2H3;1-2H3/p+3. The topological polar surface area (TPSA) is 135 Å². The summed E-state index contributed by atoms with van der Waals surface area (Å²) >= 11 is 0. The number of rotatable bonds is 12. The number of aromatic nitrogens is 10. The van der Waals surface area contributed by atoms with Crippen molar-refractivity contribution < 1.29 is 32.6 Å². The van der Waals surface area contributed by atoms with E-state index >= 15 is 0 Å². The zero-order valence-electron chi connectivity index (χ0n) is 42.5. The lowest BCUT2D eigenvalue weighted by Gasteiger charge is -2.16. The van der Waals surface area contributed by atoms with Crippen LogP contribution in [0, 0.1) is 41.5 Å². The molecule has 0 aliphatic heterocycles. The molecule has 6 aromatic rings. The molecule has 5 aromatic heterocycles. The predicted octanol–water partition coefficient (Wildman–Crippen LogP) is 7.00. The van der Waals surface area contributed by atoms with Crippen LogP contribution in [0.4, 0.5) is 0 Å². The lowest BCUT2D eigenvalue weighted by atomic mass is 10.3. The van der Waals surface area contributed by atoms with Crippen LogP contribution in [-0.4, -0.2) is 113 Å². The van der Waals surface area contributed by atoms with E-state index in [2.05, 4.69) is 114 Å². The average molecular weight is 883 g/mol. The van der Waals surface area contributed by atoms with Crippen molar-refractivity contribution in [1.82, 2.24) is 39.0 Å². The zero-order valence-corrected chi connectivity index (χ0v) is 42.5. The molecule has 15 heteroatoms. The minimum absolute atomic E-state index is 0.565. The average Bonchev–Trinajstić information content (AvgIpc) is 4.12. The SMILES string of the molecule is CCN(CC)CCOC.CCOCCCOC.COC.Cc1c[n+](-c2ccccc2)c[nH]1.Cc1c[n+](C(C)C)c[nH]1.Cc1c[n+](C)c(C)[nH]1.Cc1cn(C)cn1.Cc1cncn1C. The highest BCUT2D eigenvalue weighted by Crippen LogP contribution is 1.98. The van der Waals surface area contributed by atoms with Crippen LogP contribution in [0.3, 0.4) is 0 Å². The van der Waals surface area contributed by atoms with E-state index in [0.717, 1.165) is 58.2 Å². The zero-order chi connectivity index (χ0) is 48.0. The molecule has 0 unspecified atom stereocenters. The Labute approximate surface area is 381 Å². The van der Waals surface area contributed by atoms with Crippen molar-refractivity contribution in [2.75, 3.05) is 74.5 Å². The third-order valence-corrected chi connectivity index (χ3v) is 8.73. The number of methoxy groups -OCH3 is 3. The van der Waals surface area contributed by atoms with Crippen LogP contribution in [-0.2, 0) is 40.1 Å². The summed E-state index contributed by atoms with van der Waals surface area (Å²) in [5.41, 5.74) is 7.04. The van der Waals surface area contributed by atoms with Gasteiger partial charge in [0, 0.05) is 115 Å². The molecular weight excluding hydrogens is 795 g/mol. The van der Waals surface area contributed by atoms with E-state index < -0.39 is 0 Å². The Morgan fingerprint density at radius 1 is 0.762 bits per heavy atom. The fourth-order valence-corrected chi connectivity index (χ4v) is 4.95. The summed E-state index contributed by atoms with van der Waals surface area (Å²) in [5.74, 6) is 1.20. The second-order valence-corrected chi connectivity index (χ2v) is 14.9. The number of likely N-dealkylation sites (N-methyl/N-ethyl adjacent to an activating group) is 1. The van der Waals surface area contributed by atoms with E-state index in [-0.39, 0.29) is 0 Å². The summed E-state index contributed by atoms with van der Waals surface area (Å²) < 4.78 is 29.2. The van der Waals surface area contributed by atoms with Gasteiger partial charge in [-0.2, -0.15) is 0 Å². The normalized spacial score (nSPS) is 9.84. The predicted molar refractivity (Wildman–Crippen MR) is 256 cm³/mol. The molecule has 6 rings (SSSR count). The van der Waals surface area contributed by atoms with Gasteiger partial charge in [-0.15, -0.1) is 0 Å². The number of aryl methyl sites for hydroxylation is 9. The molecule has 0 aliphatic carbocycles. The second-order valence-electron chi connectivity index (χ2n) is 14.9. The van der Waals surface area contributed by atoms with Crippen LogP contribution >= 0.6 is 0 Å². The maximum absolute atomic E-state index is 5.06. The number of nitrogens with zero attached hydrogens (tertiary/aromatic N) is 8. The van der Waals surface area contributed by atoms with Crippen LogP contribution in [0.1, 0.15) is 81.4 Å². The number of ether oxygens (including phenoxy) is 4. The van der Waals surface area contributed by atoms with Gasteiger partial charge in [-0.3, -0.25) is 0 Å². The van der Waals surface area contributed by atoms with Gasteiger partial charge in [0.05, 0.1) is 38.0 Å². The first kappa shape index (κ1) is 60.2. The van der Waals surface area contributed by atoms with Gasteiger partial charge < -0.3 is 33.0 Å². The summed E-state index contributed by atoms with van der Waals surface area (Å²) in [6.07, 6.45) is 18.6. The van der Waals surface area contributed by atoms with Crippen molar-refractivity contribution in [2.24, 2.45) is 21.1 Å². The first-order valence-electron chi connectivity index (χ1n) is 21.8. The smallest absolute Gasteiger partial charge is 0.250 e. The monoisotopic (exact) mass is 883 g/mol. The minimum Gasteiger partial charge on any atom is -0.388 e. The summed E-state index contributed by atoms with van der Waals surface area (Å²) in [6.45, 7) is 29.4. The Kier molecular flexibility index (Phi) is 37.0. The van der Waals surface area contributed by atoms with Gasteiger partial charge in [-0.05, 0) is 66.3 Å². The number of nitrogens with one attached hydrogen (secondary N) is 3. The first-order valence-corrected chi connectivity index (χ1v) is 21.8. The molecule has 0 spiro atoms. The molecule has 5 heterocycles. The number of imidazole rings is 5. The lowest BCUT2D eigenvalue weighted by Crippen LogP contribution is -2.32. The molecule has 0 bridgehead atoms. The van der Waals surface area contributed by atoms with Crippen LogP contribution in [0.2, 0.25) is 0 Å². The quantitative estimate of drug-likeness (QED) is 0.0891. The van der Waals surface area contributed by atoms with Crippen LogP contribution < -0.4 is 13.7 Å². The molecule has 0 amide bonds. The van der Waals surface area contributed by atoms with Gasteiger partial charge in [-0.1, -0.05) is 32.0 Å². The van der Waals surface area contributed by atoms with Gasteiger partial charge in [0.1, 0.15) is 41.4 Å². The first-order chi connectivity index (χ1) is 30.0. The van der Waals surface area contributed by atoms with E-state index in [1.807, 2.05) is 115 Å². The van der Waals surface area contributed by atoms with Gasteiger partial charge in [0.15, 0.2) is 0 Å². The molecule has 1 aromatic carbocycles. The summed E-state index contributed by atoms with van der Waals surface area (Å²) in [4.78, 5) is 19.6. The maximum atomic E-state index is 5.06. The van der Waals surface area contributed by atoms with E-state index in [1.54, 1.807) is 41.1 Å². The van der Waals surface area contributed by atoms with Gasteiger partial charge in [-0.25, -0.2) is 38.6 Å². The van der Waals surface area contributed by atoms with Crippen molar-refractivity contribution in [2.45, 2.75) is 88.6 Å². The number of hydrogen-bond acceptors (Lipinski definition) is 7. The Hall–Kier alpha value is -4.93. The van der Waals surface area contributed by atoms with E-state index in [4.69, 9.17) is 14.2 Å². The molecular formula is C48H88N11O4+3. The molecule has 0 radical (unpaired) electrons. The van der Waals surface area contributed by atoms with Gasteiger partial charge >= 0.3 is 0 Å². The Bertz CT molecular complexity index is 1810. The van der Waals surface area contributed by atoms with Crippen LogP contribution in [0.15, 0.2) is 86.6 Å². The number of para-hydroxylation sites is 1. The third kappa shape index (κ3) is 32.4. The van der Waals surface area contributed by atoms with E-state index in [1.165, 1.54) is 34.3 Å².